The molecule has 0 N–H and O–H groups in total. The number of thiazole rings is 1. The number of nitrogens with zero attached hydrogens (tertiary/aromatic N) is 2. The molecule has 2 heterocycles. The summed E-state index contributed by atoms with van der Waals surface area (Å²) in [7, 11) is 0. The summed E-state index contributed by atoms with van der Waals surface area (Å²) in [6.07, 6.45) is 7.56. The largest absolute Gasteiger partial charge is 0.335 e. The van der Waals surface area contributed by atoms with Gasteiger partial charge in [0.25, 0.3) is 5.91 Å². The highest BCUT2D eigenvalue weighted by Gasteiger charge is 2.35. The Hall–Kier alpha value is -1.68. The van der Waals surface area contributed by atoms with Gasteiger partial charge in [0.1, 0.15) is 5.01 Å². The molecule has 2 atom stereocenters. The van der Waals surface area contributed by atoms with Gasteiger partial charge in [0.2, 0.25) is 0 Å². The van der Waals surface area contributed by atoms with Crippen LogP contribution in [0.5, 0.6) is 0 Å². The van der Waals surface area contributed by atoms with Crippen LogP contribution >= 0.6 is 11.3 Å². The highest BCUT2D eigenvalue weighted by atomic mass is 32.1. The lowest BCUT2D eigenvalue weighted by Crippen LogP contribution is -2.49. The number of fused-ring (bicyclic) bond motifs is 1. The molecule has 4 rings (SSSR count). The molecule has 3 nitrogen and oxygen atoms in total. The minimum absolute atomic E-state index is 0.216. The van der Waals surface area contributed by atoms with E-state index in [0.717, 1.165) is 40.7 Å². The maximum atomic E-state index is 13.0. The fraction of sp³-hybridized carbons (Fsp3) is 0.500. The lowest BCUT2D eigenvalue weighted by molar-refractivity contribution is 0.0390. The Labute approximate surface area is 147 Å². The second-order valence-corrected chi connectivity index (χ2v) is 7.98. The van der Waals surface area contributed by atoms with E-state index in [4.69, 9.17) is 0 Å². The smallest absolute Gasteiger partial charge is 0.254 e. The Morgan fingerprint density at radius 2 is 1.88 bits per heavy atom. The fourth-order valence-corrected chi connectivity index (χ4v) is 5.09. The Balaban J connectivity index is 1.53. The number of amides is 1. The van der Waals surface area contributed by atoms with Crippen LogP contribution in [0.25, 0.3) is 10.6 Å². The zero-order valence-electron chi connectivity index (χ0n) is 14.2. The molecule has 1 saturated heterocycles. The molecule has 0 bridgehead atoms. The van der Waals surface area contributed by atoms with Crippen LogP contribution in [0.2, 0.25) is 0 Å². The fourth-order valence-electron chi connectivity index (χ4n) is 4.28. The summed E-state index contributed by atoms with van der Waals surface area (Å²) < 4.78 is 0. The SMILES string of the molecule is Cc1csc(-c2ccc(C(=O)N3CCC[C@@H]4CCCC[C@H]43)cc2)n1. The van der Waals surface area contributed by atoms with Gasteiger partial charge in [-0.1, -0.05) is 25.0 Å². The minimum Gasteiger partial charge on any atom is -0.335 e. The van der Waals surface area contributed by atoms with Crippen molar-refractivity contribution in [1.82, 2.24) is 9.88 Å². The van der Waals surface area contributed by atoms with Gasteiger partial charge in [-0.05, 0) is 50.7 Å². The summed E-state index contributed by atoms with van der Waals surface area (Å²) in [6.45, 7) is 2.93. The van der Waals surface area contributed by atoms with Crippen LogP contribution in [0.3, 0.4) is 0 Å². The van der Waals surface area contributed by atoms with E-state index in [1.165, 1.54) is 32.1 Å². The van der Waals surface area contributed by atoms with Crippen molar-refractivity contribution in [2.75, 3.05) is 6.54 Å². The van der Waals surface area contributed by atoms with Gasteiger partial charge in [-0.15, -0.1) is 11.3 Å². The van der Waals surface area contributed by atoms with E-state index in [2.05, 4.69) is 15.3 Å². The molecule has 1 aliphatic heterocycles. The van der Waals surface area contributed by atoms with E-state index in [1.54, 1.807) is 11.3 Å². The lowest BCUT2D eigenvalue weighted by atomic mass is 9.78. The average Bonchev–Trinajstić information content (AvgIpc) is 3.07. The van der Waals surface area contributed by atoms with Crippen molar-refractivity contribution < 1.29 is 4.79 Å². The molecule has 4 heteroatoms. The molecule has 2 aromatic rings. The van der Waals surface area contributed by atoms with Crippen molar-refractivity contribution in [3.05, 3.63) is 40.9 Å². The van der Waals surface area contributed by atoms with Crippen LogP contribution in [-0.2, 0) is 0 Å². The van der Waals surface area contributed by atoms with Crippen molar-refractivity contribution in [1.29, 1.82) is 0 Å². The van der Waals surface area contributed by atoms with Crippen LogP contribution in [-0.4, -0.2) is 28.4 Å². The standard InChI is InChI=1S/C20H24N2OS/c1-14-13-24-19(21-14)16-8-10-17(11-9-16)20(23)22-12-4-6-15-5-2-3-7-18(15)22/h8-11,13,15,18H,2-7,12H2,1H3/t15-,18+/m0/s1. The predicted octanol–water partition coefficient (Wildman–Crippen LogP) is 4.91. The van der Waals surface area contributed by atoms with Gasteiger partial charge in [-0.2, -0.15) is 0 Å². The molecule has 126 valence electrons. The number of carbonyl (C=O) groups excluding carboxylic acids is 1. The van der Waals surface area contributed by atoms with E-state index in [0.29, 0.717) is 6.04 Å². The third-order valence-electron chi connectivity index (χ3n) is 5.50. The molecule has 24 heavy (non-hydrogen) atoms. The lowest BCUT2D eigenvalue weighted by Gasteiger charge is -2.44. The van der Waals surface area contributed by atoms with E-state index >= 15 is 0 Å². The molecule has 1 aliphatic carbocycles. The highest BCUT2D eigenvalue weighted by molar-refractivity contribution is 7.13. The Morgan fingerprint density at radius 3 is 2.62 bits per heavy atom. The van der Waals surface area contributed by atoms with Gasteiger partial charge in [-0.25, -0.2) is 4.98 Å². The van der Waals surface area contributed by atoms with Crippen molar-refractivity contribution >= 4 is 17.2 Å². The number of aromatic nitrogens is 1. The summed E-state index contributed by atoms with van der Waals surface area (Å²) >= 11 is 1.65. The summed E-state index contributed by atoms with van der Waals surface area (Å²) in [5.41, 5.74) is 2.96. The van der Waals surface area contributed by atoms with Gasteiger partial charge in [-0.3, -0.25) is 4.79 Å². The van der Waals surface area contributed by atoms with Gasteiger partial charge in [0.05, 0.1) is 0 Å². The molecule has 1 saturated carbocycles. The van der Waals surface area contributed by atoms with Gasteiger partial charge in [0, 0.05) is 34.8 Å². The van der Waals surface area contributed by atoms with Crippen LogP contribution < -0.4 is 0 Å². The normalized spacial score (nSPS) is 23.8. The topological polar surface area (TPSA) is 33.2 Å². The summed E-state index contributed by atoms with van der Waals surface area (Å²) in [4.78, 5) is 19.7. The Bertz CT molecular complexity index is 719. The first-order valence-electron chi connectivity index (χ1n) is 9.06. The van der Waals surface area contributed by atoms with Gasteiger partial charge >= 0.3 is 0 Å². The quantitative estimate of drug-likeness (QED) is 0.778. The number of hydrogen-bond acceptors (Lipinski definition) is 3. The van der Waals surface area contributed by atoms with E-state index in [9.17, 15) is 4.79 Å². The van der Waals surface area contributed by atoms with E-state index in [-0.39, 0.29) is 5.91 Å². The van der Waals surface area contributed by atoms with E-state index in [1.807, 2.05) is 31.2 Å². The molecule has 1 amide bonds. The summed E-state index contributed by atoms with van der Waals surface area (Å²) in [5.74, 6) is 0.947. The molecule has 2 fully saturated rings. The Morgan fingerprint density at radius 1 is 1.12 bits per heavy atom. The first-order valence-corrected chi connectivity index (χ1v) is 9.94. The number of piperidine rings is 1. The zero-order valence-corrected chi connectivity index (χ0v) is 15.0. The molecule has 0 radical (unpaired) electrons. The minimum atomic E-state index is 0.216. The van der Waals surface area contributed by atoms with Crippen molar-refractivity contribution in [3.8, 4) is 10.6 Å². The van der Waals surface area contributed by atoms with Crippen molar-refractivity contribution in [3.63, 3.8) is 0 Å². The molecule has 1 aromatic carbocycles. The molecule has 0 spiro atoms. The monoisotopic (exact) mass is 340 g/mol. The van der Waals surface area contributed by atoms with Crippen molar-refractivity contribution in [2.45, 2.75) is 51.5 Å². The molecular formula is C20H24N2OS. The average molecular weight is 340 g/mol. The zero-order chi connectivity index (χ0) is 16.5. The van der Waals surface area contributed by atoms with Crippen LogP contribution in [0, 0.1) is 12.8 Å². The second kappa shape index (κ2) is 6.67. The van der Waals surface area contributed by atoms with Gasteiger partial charge in [0.15, 0.2) is 0 Å². The third-order valence-corrected chi connectivity index (χ3v) is 6.51. The highest BCUT2D eigenvalue weighted by Crippen LogP contribution is 2.36. The van der Waals surface area contributed by atoms with Crippen LogP contribution in [0.15, 0.2) is 29.6 Å². The van der Waals surface area contributed by atoms with E-state index < -0.39 is 0 Å². The van der Waals surface area contributed by atoms with Crippen LogP contribution in [0.1, 0.15) is 54.6 Å². The number of hydrogen-bond donors (Lipinski definition) is 0. The summed E-state index contributed by atoms with van der Waals surface area (Å²) in [5, 5.41) is 3.09. The maximum absolute atomic E-state index is 13.0. The van der Waals surface area contributed by atoms with Gasteiger partial charge < -0.3 is 4.90 Å². The molecular weight excluding hydrogens is 316 g/mol. The third kappa shape index (κ3) is 3.00. The van der Waals surface area contributed by atoms with Crippen molar-refractivity contribution in [2.24, 2.45) is 5.92 Å². The molecule has 1 aromatic heterocycles. The number of rotatable bonds is 2. The Kier molecular flexibility index (Phi) is 4.40. The number of aryl methyl sites for hydroxylation is 1. The number of carbonyl (C=O) groups is 1. The number of benzene rings is 1. The first-order chi connectivity index (χ1) is 11.7. The molecule has 0 unspecified atom stereocenters. The number of likely N-dealkylation sites (tertiary alicyclic amines) is 1. The van der Waals surface area contributed by atoms with Crippen LogP contribution in [0.4, 0.5) is 0 Å². The maximum Gasteiger partial charge on any atom is 0.254 e. The summed E-state index contributed by atoms with van der Waals surface area (Å²) in [6, 6.07) is 8.49. The molecule has 2 aliphatic rings. The predicted molar refractivity (Wildman–Crippen MR) is 98.3 cm³/mol. The second-order valence-electron chi connectivity index (χ2n) is 7.12. The first kappa shape index (κ1) is 15.8.